The van der Waals surface area contributed by atoms with E-state index in [1.807, 2.05) is 18.2 Å². The molecule has 1 aliphatic heterocycles. The highest BCUT2D eigenvalue weighted by Gasteiger charge is 2.15. The average Bonchev–Trinajstić information content (AvgIpc) is 2.96. The molecule has 2 heterocycles. The molecule has 0 bridgehead atoms. The third-order valence-corrected chi connectivity index (χ3v) is 3.63. The first-order valence-electron chi connectivity index (χ1n) is 7.41. The molecule has 0 saturated heterocycles. The molecule has 0 saturated carbocycles. The minimum Gasteiger partial charge on any atom is -0.454 e. The molecule has 21 heavy (non-hydrogen) atoms. The second-order valence-electron chi connectivity index (χ2n) is 5.15. The molecule has 0 unspecified atom stereocenters. The van der Waals surface area contributed by atoms with Crippen molar-refractivity contribution in [3.63, 3.8) is 0 Å². The summed E-state index contributed by atoms with van der Waals surface area (Å²) in [5.41, 5.74) is 0. The van der Waals surface area contributed by atoms with Gasteiger partial charge in [0.1, 0.15) is 5.82 Å². The quantitative estimate of drug-likeness (QED) is 0.767. The number of hydrogen-bond donors (Lipinski definition) is 2. The van der Waals surface area contributed by atoms with Gasteiger partial charge >= 0.3 is 0 Å². The maximum atomic E-state index is 8.75. The summed E-state index contributed by atoms with van der Waals surface area (Å²) in [5, 5.41) is 14.3. The van der Waals surface area contributed by atoms with Crippen molar-refractivity contribution in [2.45, 2.75) is 25.7 Å². The van der Waals surface area contributed by atoms with E-state index in [2.05, 4.69) is 10.3 Å². The van der Waals surface area contributed by atoms with Gasteiger partial charge in [-0.2, -0.15) is 0 Å². The van der Waals surface area contributed by atoms with Gasteiger partial charge in [0, 0.05) is 24.7 Å². The highest BCUT2D eigenvalue weighted by molar-refractivity contribution is 5.94. The maximum absolute atomic E-state index is 8.75. The van der Waals surface area contributed by atoms with Gasteiger partial charge in [-0.15, -0.1) is 0 Å². The van der Waals surface area contributed by atoms with Crippen LogP contribution in [0.15, 0.2) is 24.4 Å². The number of aromatic nitrogens is 1. The zero-order valence-electron chi connectivity index (χ0n) is 12.0. The Kier molecular flexibility index (Phi) is 4.40. The van der Waals surface area contributed by atoms with Gasteiger partial charge < -0.3 is 19.9 Å². The van der Waals surface area contributed by atoms with Crippen LogP contribution in [-0.2, 0) is 0 Å². The second-order valence-corrected chi connectivity index (χ2v) is 5.15. The zero-order valence-corrected chi connectivity index (χ0v) is 12.0. The number of fused-ring (bicyclic) bond motifs is 2. The summed E-state index contributed by atoms with van der Waals surface area (Å²) in [4.78, 5) is 4.42. The topological polar surface area (TPSA) is 63.6 Å². The Morgan fingerprint density at radius 2 is 1.90 bits per heavy atom. The van der Waals surface area contributed by atoms with E-state index in [0.29, 0.717) is 0 Å². The molecule has 5 heteroatoms. The molecule has 0 amide bonds. The minimum absolute atomic E-state index is 0.283. The van der Waals surface area contributed by atoms with Crippen molar-refractivity contribution in [1.82, 2.24) is 4.98 Å². The minimum atomic E-state index is 0.283. The molecule has 112 valence electrons. The number of nitrogens with zero attached hydrogens (tertiary/aromatic N) is 1. The molecule has 1 aliphatic rings. The predicted octanol–water partition coefficient (Wildman–Crippen LogP) is 2.93. The number of pyridine rings is 1. The number of hydrogen-bond acceptors (Lipinski definition) is 5. The van der Waals surface area contributed by atoms with Crippen LogP contribution in [0.4, 0.5) is 5.82 Å². The Balaban J connectivity index is 1.67. The average molecular weight is 288 g/mol. The lowest BCUT2D eigenvalue weighted by atomic mass is 10.1. The van der Waals surface area contributed by atoms with Crippen LogP contribution >= 0.6 is 0 Å². The highest BCUT2D eigenvalue weighted by atomic mass is 16.7. The summed E-state index contributed by atoms with van der Waals surface area (Å²) < 4.78 is 10.8. The molecule has 0 fully saturated rings. The van der Waals surface area contributed by atoms with Crippen LogP contribution in [0, 0.1) is 0 Å². The van der Waals surface area contributed by atoms with Crippen LogP contribution in [0.25, 0.3) is 10.8 Å². The van der Waals surface area contributed by atoms with Crippen LogP contribution in [0.5, 0.6) is 11.5 Å². The standard InChI is InChI=1S/C16H20N2O3/c19-8-4-2-1-3-6-17-16-13-10-15-14(20-11-21-15)9-12(13)5-7-18-16/h5,7,9-10,19H,1-4,6,8,11H2,(H,17,18). The summed E-state index contributed by atoms with van der Waals surface area (Å²) in [5.74, 6) is 2.46. The van der Waals surface area contributed by atoms with Gasteiger partial charge in [-0.3, -0.25) is 0 Å². The number of nitrogens with one attached hydrogen (secondary N) is 1. The summed E-state index contributed by atoms with van der Waals surface area (Å²) in [6.07, 6.45) is 5.95. The lowest BCUT2D eigenvalue weighted by molar-refractivity contribution is 0.174. The van der Waals surface area contributed by atoms with E-state index in [1.54, 1.807) is 6.20 Å². The van der Waals surface area contributed by atoms with E-state index < -0.39 is 0 Å². The zero-order chi connectivity index (χ0) is 14.5. The van der Waals surface area contributed by atoms with E-state index >= 15 is 0 Å². The number of rotatable bonds is 7. The summed E-state index contributed by atoms with van der Waals surface area (Å²) in [6.45, 7) is 1.45. The molecule has 1 aromatic carbocycles. The molecule has 0 radical (unpaired) electrons. The number of anilines is 1. The van der Waals surface area contributed by atoms with Crippen molar-refractivity contribution < 1.29 is 14.6 Å². The van der Waals surface area contributed by atoms with Crippen molar-refractivity contribution in [3.05, 3.63) is 24.4 Å². The number of ether oxygens (including phenoxy) is 2. The second kappa shape index (κ2) is 6.63. The Hall–Kier alpha value is -2.01. The fraction of sp³-hybridized carbons (Fsp3) is 0.438. The Bertz CT molecular complexity index is 616. The third-order valence-electron chi connectivity index (χ3n) is 3.63. The largest absolute Gasteiger partial charge is 0.454 e. The van der Waals surface area contributed by atoms with Crippen LogP contribution in [0.2, 0.25) is 0 Å². The van der Waals surface area contributed by atoms with Crippen molar-refractivity contribution >= 4 is 16.6 Å². The number of aliphatic hydroxyl groups excluding tert-OH is 1. The molecular formula is C16H20N2O3. The molecule has 3 rings (SSSR count). The van der Waals surface area contributed by atoms with Crippen LogP contribution in [0.3, 0.4) is 0 Å². The van der Waals surface area contributed by atoms with E-state index in [4.69, 9.17) is 14.6 Å². The molecule has 0 aliphatic carbocycles. The monoisotopic (exact) mass is 288 g/mol. The number of benzene rings is 1. The van der Waals surface area contributed by atoms with Gasteiger partial charge in [-0.25, -0.2) is 4.98 Å². The van der Waals surface area contributed by atoms with Gasteiger partial charge in [0.25, 0.3) is 0 Å². The first-order chi connectivity index (χ1) is 10.4. The van der Waals surface area contributed by atoms with E-state index in [1.165, 1.54) is 0 Å². The summed E-state index contributed by atoms with van der Waals surface area (Å²) >= 11 is 0. The van der Waals surface area contributed by atoms with Gasteiger partial charge in [0.15, 0.2) is 11.5 Å². The molecule has 2 N–H and O–H groups in total. The number of aliphatic hydroxyl groups is 1. The maximum Gasteiger partial charge on any atom is 0.231 e. The fourth-order valence-electron chi connectivity index (χ4n) is 2.50. The van der Waals surface area contributed by atoms with E-state index in [-0.39, 0.29) is 13.4 Å². The van der Waals surface area contributed by atoms with Crippen molar-refractivity contribution in [2.24, 2.45) is 0 Å². The van der Waals surface area contributed by atoms with Crippen LogP contribution in [0.1, 0.15) is 25.7 Å². The summed E-state index contributed by atoms with van der Waals surface area (Å²) in [6, 6.07) is 5.95. The van der Waals surface area contributed by atoms with Crippen molar-refractivity contribution in [3.8, 4) is 11.5 Å². The molecule has 1 aromatic heterocycles. The molecule has 0 spiro atoms. The first kappa shape index (κ1) is 13.9. The van der Waals surface area contributed by atoms with E-state index in [9.17, 15) is 0 Å². The number of unbranched alkanes of at least 4 members (excludes halogenated alkanes) is 3. The lowest BCUT2D eigenvalue weighted by Gasteiger charge is -2.09. The Morgan fingerprint density at radius 1 is 1.10 bits per heavy atom. The van der Waals surface area contributed by atoms with Crippen molar-refractivity contribution in [2.75, 3.05) is 25.3 Å². The highest BCUT2D eigenvalue weighted by Crippen LogP contribution is 2.37. The molecule has 0 atom stereocenters. The Labute approximate surface area is 123 Å². The third kappa shape index (κ3) is 3.19. The van der Waals surface area contributed by atoms with Crippen LogP contribution in [-0.4, -0.2) is 30.0 Å². The smallest absolute Gasteiger partial charge is 0.231 e. The first-order valence-corrected chi connectivity index (χ1v) is 7.41. The van der Waals surface area contributed by atoms with Crippen molar-refractivity contribution in [1.29, 1.82) is 0 Å². The van der Waals surface area contributed by atoms with Gasteiger partial charge in [-0.05, 0) is 36.4 Å². The SMILES string of the molecule is OCCCCCCNc1nccc2cc3c(cc12)OCO3. The summed E-state index contributed by atoms with van der Waals surface area (Å²) in [7, 11) is 0. The molecule has 2 aromatic rings. The van der Waals surface area contributed by atoms with Crippen LogP contribution < -0.4 is 14.8 Å². The molecule has 5 nitrogen and oxygen atoms in total. The van der Waals surface area contributed by atoms with Gasteiger partial charge in [0.2, 0.25) is 6.79 Å². The normalized spacial score (nSPS) is 12.8. The molecular weight excluding hydrogens is 268 g/mol. The fourth-order valence-corrected chi connectivity index (χ4v) is 2.50. The lowest BCUT2D eigenvalue weighted by Crippen LogP contribution is -2.03. The Morgan fingerprint density at radius 3 is 2.76 bits per heavy atom. The van der Waals surface area contributed by atoms with Gasteiger partial charge in [-0.1, -0.05) is 12.8 Å². The van der Waals surface area contributed by atoms with E-state index in [0.717, 1.165) is 60.3 Å². The van der Waals surface area contributed by atoms with Gasteiger partial charge in [0.05, 0.1) is 0 Å². The predicted molar refractivity (Wildman–Crippen MR) is 81.9 cm³/mol.